The van der Waals surface area contributed by atoms with Crippen molar-refractivity contribution in [3.8, 4) is 28.1 Å². The van der Waals surface area contributed by atoms with Crippen molar-refractivity contribution in [2.24, 2.45) is 30.5 Å². The van der Waals surface area contributed by atoms with Gasteiger partial charge < -0.3 is 20.1 Å². The molecule has 2 unspecified atom stereocenters. The largest absolute Gasteiger partial charge is 0.490 e. The molecule has 7 nitrogen and oxygen atoms in total. The van der Waals surface area contributed by atoms with Gasteiger partial charge in [0.05, 0.1) is 24.0 Å². The monoisotopic (exact) mass is 543 g/mol. The van der Waals surface area contributed by atoms with Crippen LogP contribution >= 0.6 is 11.3 Å². The number of anilines is 1. The quantitative estimate of drug-likeness (QED) is 0.267. The Morgan fingerprint density at radius 2 is 1.95 bits per heavy atom. The van der Waals surface area contributed by atoms with Crippen molar-refractivity contribution in [3.05, 3.63) is 59.9 Å². The molecule has 1 saturated carbocycles. The third-order valence-corrected chi connectivity index (χ3v) is 9.24. The number of ether oxygens (including phenoxy) is 2. The van der Waals surface area contributed by atoms with Crippen molar-refractivity contribution in [1.29, 1.82) is 0 Å². The van der Waals surface area contributed by atoms with E-state index in [1.54, 1.807) is 18.4 Å². The molecule has 2 N–H and O–H groups in total. The van der Waals surface area contributed by atoms with Crippen molar-refractivity contribution in [1.82, 2.24) is 14.8 Å². The van der Waals surface area contributed by atoms with E-state index in [9.17, 15) is 4.39 Å². The lowest BCUT2D eigenvalue weighted by Gasteiger charge is -2.26. The lowest BCUT2D eigenvalue weighted by Crippen LogP contribution is -2.27. The van der Waals surface area contributed by atoms with Crippen molar-refractivity contribution >= 4 is 38.1 Å². The molecule has 1 aliphatic carbocycles. The number of aryl methyl sites for hydroxylation is 1. The molecule has 2 aliphatic rings. The van der Waals surface area contributed by atoms with Gasteiger partial charge in [0.25, 0.3) is 0 Å². The fraction of sp³-hybridized carbons (Fsp3) is 0.333. The Morgan fingerprint density at radius 3 is 2.74 bits per heavy atom. The first-order valence-corrected chi connectivity index (χ1v) is 14.2. The molecule has 5 aromatic rings. The van der Waals surface area contributed by atoms with Gasteiger partial charge in [0.2, 0.25) is 0 Å². The van der Waals surface area contributed by atoms with E-state index >= 15 is 0 Å². The lowest BCUT2D eigenvalue weighted by molar-refractivity contribution is 0.146. The van der Waals surface area contributed by atoms with E-state index in [2.05, 4.69) is 39.6 Å². The molecule has 0 bridgehead atoms. The maximum Gasteiger partial charge on any atom is 0.138 e. The summed E-state index contributed by atoms with van der Waals surface area (Å²) in [6.07, 6.45) is 1.89. The van der Waals surface area contributed by atoms with Crippen LogP contribution in [0.25, 0.3) is 43.4 Å². The van der Waals surface area contributed by atoms with Crippen LogP contribution in [-0.4, -0.2) is 54.7 Å². The van der Waals surface area contributed by atoms with Crippen LogP contribution in [0.1, 0.15) is 0 Å². The first-order valence-electron chi connectivity index (χ1n) is 13.3. The Morgan fingerprint density at radius 1 is 1.10 bits per heavy atom. The molecule has 2 aromatic carbocycles. The van der Waals surface area contributed by atoms with E-state index in [4.69, 9.17) is 20.2 Å². The van der Waals surface area contributed by atoms with E-state index in [1.807, 2.05) is 24.0 Å². The Balaban J connectivity index is 1.42. The van der Waals surface area contributed by atoms with Crippen LogP contribution in [0.4, 0.5) is 10.2 Å². The minimum absolute atomic E-state index is 0.332. The number of halogens is 1. The Bertz CT molecular complexity index is 1690. The predicted molar refractivity (Wildman–Crippen MR) is 154 cm³/mol. The number of hydrogen-bond donors (Lipinski definition) is 1. The first kappa shape index (κ1) is 24.5. The van der Waals surface area contributed by atoms with Gasteiger partial charge in [-0.15, -0.1) is 11.3 Å². The highest BCUT2D eigenvalue weighted by Crippen LogP contribution is 2.54. The molecular formula is C30H30FN5O2S. The topological polar surface area (TPSA) is 78.4 Å². The summed E-state index contributed by atoms with van der Waals surface area (Å²) < 4.78 is 28.7. The first-order chi connectivity index (χ1) is 19.1. The van der Waals surface area contributed by atoms with Gasteiger partial charge in [0.15, 0.2) is 0 Å². The van der Waals surface area contributed by atoms with E-state index in [-0.39, 0.29) is 5.82 Å². The molecular weight excluding hydrogens is 513 g/mol. The molecule has 7 rings (SSSR count). The number of benzene rings is 2. The number of rotatable bonds is 8. The fourth-order valence-corrected chi connectivity index (χ4v) is 7.20. The van der Waals surface area contributed by atoms with E-state index in [0.29, 0.717) is 36.7 Å². The normalized spacial score (nSPS) is 20.2. The standard InChI is InChI=1S/C30H30FN5O2S/c1-35-25-6-3-17(11-18(25)14-33-35)28-21-7-10-39-29(21)27(20-5-4-19(31)12-26(20)38-9-8-37-2)30(34-28)36-15-23-22(13-32)24(23)16-36/h3-7,10-12,14,22-24H,8-9,13,15-16,32H2,1-2H3. The Labute approximate surface area is 230 Å². The Hall–Kier alpha value is -3.53. The molecule has 2 fully saturated rings. The van der Waals surface area contributed by atoms with Crippen LogP contribution in [0.15, 0.2) is 54.0 Å². The van der Waals surface area contributed by atoms with Crippen molar-refractivity contribution in [2.75, 3.05) is 44.9 Å². The smallest absolute Gasteiger partial charge is 0.138 e. The van der Waals surface area contributed by atoms with Gasteiger partial charge in [-0.25, -0.2) is 9.37 Å². The number of methoxy groups -OCH3 is 1. The van der Waals surface area contributed by atoms with Gasteiger partial charge in [-0.3, -0.25) is 4.68 Å². The molecule has 0 radical (unpaired) electrons. The summed E-state index contributed by atoms with van der Waals surface area (Å²) in [7, 11) is 3.58. The van der Waals surface area contributed by atoms with Gasteiger partial charge in [0, 0.05) is 65.5 Å². The summed E-state index contributed by atoms with van der Waals surface area (Å²) in [5.74, 6) is 2.88. The van der Waals surface area contributed by atoms with Crippen molar-refractivity contribution in [2.45, 2.75) is 0 Å². The SMILES string of the molecule is COCCOc1cc(F)ccc1-c1c(N2CC3C(CN)C3C2)nc(-c2ccc3c(cnn3C)c2)c2ccsc12. The maximum atomic E-state index is 14.4. The van der Waals surface area contributed by atoms with Crippen molar-refractivity contribution in [3.63, 3.8) is 0 Å². The number of nitrogens with two attached hydrogens (primary N) is 1. The summed E-state index contributed by atoms with van der Waals surface area (Å²) >= 11 is 1.68. The molecule has 2 atom stereocenters. The van der Waals surface area contributed by atoms with Crippen LogP contribution in [0.5, 0.6) is 5.75 Å². The summed E-state index contributed by atoms with van der Waals surface area (Å²) in [6.45, 7) is 3.33. The second-order valence-electron chi connectivity index (χ2n) is 10.5. The number of thiophene rings is 1. The summed E-state index contributed by atoms with van der Waals surface area (Å²) in [5, 5.41) is 8.67. The second-order valence-corrected chi connectivity index (χ2v) is 11.4. The highest BCUT2D eigenvalue weighted by atomic mass is 32.1. The lowest BCUT2D eigenvalue weighted by atomic mass is 9.99. The second kappa shape index (κ2) is 9.59. The average Bonchev–Trinajstić information content (AvgIpc) is 3.37. The van der Waals surface area contributed by atoms with Gasteiger partial charge >= 0.3 is 0 Å². The molecule has 4 heterocycles. The molecule has 1 aliphatic heterocycles. The minimum atomic E-state index is -0.335. The van der Waals surface area contributed by atoms with Crippen LogP contribution in [-0.2, 0) is 11.8 Å². The molecule has 0 amide bonds. The number of fused-ring (bicyclic) bond motifs is 3. The third kappa shape index (κ3) is 4.07. The maximum absolute atomic E-state index is 14.4. The zero-order chi connectivity index (χ0) is 26.7. The molecule has 1 saturated heterocycles. The van der Waals surface area contributed by atoms with Crippen LogP contribution in [0.3, 0.4) is 0 Å². The van der Waals surface area contributed by atoms with Gasteiger partial charge in [-0.05, 0) is 60.0 Å². The van der Waals surface area contributed by atoms with Crippen LogP contribution in [0, 0.1) is 23.6 Å². The third-order valence-electron chi connectivity index (χ3n) is 8.31. The van der Waals surface area contributed by atoms with Crippen LogP contribution < -0.4 is 15.4 Å². The molecule has 3 aromatic heterocycles. The van der Waals surface area contributed by atoms with E-state index < -0.39 is 0 Å². The molecule has 9 heteroatoms. The van der Waals surface area contributed by atoms with Gasteiger partial charge in [0.1, 0.15) is 24.0 Å². The summed E-state index contributed by atoms with van der Waals surface area (Å²) in [5.41, 5.74) is 10.9. The van der Waals surface area contributed by atoms with Gasteiger partial charge in [-0.2, -0.15) is 5.10 Å². The van der Waals surface area contributed by atoms with Gasteiger partial charge in [-0.1, -0.05) is 6.07 Å². The number of pyridine rings is 1. The molecule has 200 valence electrons. The molecule has 39 heavy (non-hydrogen) atoms. The summed E-state index contributed by atoms with van der Waals surface area (Å²) in [4.78, 5) is 7.77. The summed E-state index contributed by atoms with van der Waals surface area (Å²) in [6, 6.07) is 13.3. The zero-order valence-electron chi connectivity index (χ0n) is 21.9. The van der Waals surface area contributed by atoms with Crippen LogP contribution in [0.2, 0.25) is 0 Å². The van der Waals surface area contributed by atoms with E-state index in [0.717, 1.165) is 68.8 Å². The highest BCUT2D eigenvalue weighted by molar-refractivity contribution is 7.18. The average molecular weight is 544 g/mol. The number of aromatic nitrogens is 3. The predicted octanol–water partition coefficient (Wildman–Crippen LogP) is 5.32. The van der Waals surface area contributed by atoms with Crippen molar-refractivity contribution < 1.29 is 13.9 Å². The Kier molecular flexibility index (Phi) is 6.02. The number of piperidine rings is 1. The zero-order valence-corrected chi connectivity index (χ0v) is 22.7. The molecule has 0 spiro atoms. The highest BCUT2D eigenvalue weighted by Gasteiger charge is 2.55. The number of hydrogen-bond acceptors (Lipinski definition) is 7. The fourth-order valence-electron chi connectivity index (χ4n) is 6.24. The number of nitrogens with zero attached hydrogens (tertiary/aromatic N) is 4. The van der Waals surface area contributed by atoms with E-state index in [1.165, 1.54) is 12.1 Å². The minimum Gasteiger partial charge on any atom is -0.490 e.